The molecule has 1 amide bonds. The molecule has 3 fully saturated rings. The first kappa shape index (κ1) is 10.9. The third kappa shape index (κ3) is 1.66. The van der Waals surface area contributed by atoms with E-state index in [2.05, 4.69) is 0 Å². The Morgan fingerprint density at radius 3 is 2.07 bits per heavy atom. The van der Waals surface area contributed by atoms with Crippen LogP contribution in [0.3, 0.4) is 0 Å². The van der Waals surface area contributed by atoms with Gasteiger partial charge in [0, 0.05) is 7.05 Å². The van der Waals surface area contributed by atoms with E-state index in [1.54, 1.807) is 7.05 Å². The zero-order valence-corrected chi connectivity index (χ0v) is 9.45. The first-order valence-electron chi connectivity index (χ1n) is 5.56. The highest BCUT2D eigenvalue weighted by atomic mass is 16.7. The van der Waals surface area contributed by atoms with E-state index in [1.165, 1.54) is 12.2 Å². The van der Waals surface area contributed by atoms with Crippen molar-refractivity contribution in [3.05, 3.63) is 0 Å². The molecule has 4 heteroatoms. The van der Waals surface area contributed by atoms with Crippen molar-refractivity contribution in [3.8, 4) is 0 Å². The van der Waals surface area contributed by atoms with E-state index in [4.69, 9.17) is 4.84 Å². The van der Waals surface area contributed by atoms with Crippen LogP contribution in [0.1, 0.15) is 38.5 Å². The van der Waals surface area contributed by atoms with Gasteiger partial charge in [0.25, 0.3) is 5.91 Å². The Balaban J connectivity index is 2.12. The van der Waals surface area contributed by atoms with Crippen molar-refractivity contribution in [2.75, 3.05) is 14.2 Å². The van der Waals surface area contributed by atoms with Crippen LogP contribution in [0.5, 0.6) is 0 Å². The van der Waals surface area contributed by atoms with Crippen molar-refractivity contribution in [2.45, 2.75) is 44.1 Å². The second kappa shape index (κ2) is 3.46. The minimum Gasteiger partial charge on any atom is -0.390 e. The van der Waals surface area contributed by atoms with Crippen molar-refractivity contribution in [1.82, 2.24) is 5.06 Å². The molecule has 3 saturated carbocycles. The number of rotatable bonds is 2. The van der Waals surface area contributed by atoms with Gasteiger partial charge in [0.05, 0.1) is 18.1 Å². The maximum absolute atomic E-state index is 12.1. The predicted molar refractivity (Wildman–Crippen MR) is 54.9 cm³/mol. The standard InChI is InChI=1S/C11H19NO3/c1-12(15-2)9(13)10-3-6-11(14,7-4-10)8-5-10/h14H,3-8H2,1-2H3. The van der Waals surface area contributed by atoms with Gasteiger partial charge in [-0.05, 0) is 38.5 Å². The number of fused-ring (bicyclic) bond motifs is 3. The molecule has 2 bridgehead atoms. The highest BCUT2D eigenvalue weighted by Gasteiger charge is 2.52. The van der Waals surface area contributed by atoms with Gasteiger partial charge in [-0.25, -0.2) is 5.06 Å². The molecule has 4 nitrogen and oxygen atoms in total. The van der Waals surface area contributed by atoms with Crippen molar-refractivity contribution >= 4 is 5.91 Å². The zero-order chi connectivity index (χ0) is 11.1. The number of hydroxylamine groups is 2. The summed E-state index contributed by atoms with van der Waals surface area (Å²) in [5.74, 6) is 0.0757. The summed E-state index contributed by atoms with van der Waals surface area (Å²) in [6.07, 6.45) is 4.69. The van der Waals surface area contributed by atoms with Gasteiger partial charge < -0.3 is 5.11 Å². The van der Waals surface area contributed by atoms with Crippen LogP contribution >= 0.6 is 0 Å². The summed E-state index contributed by atoms with van der Waals surface area (Å²) in [4.78, 5) is 17.1. The molecule has 0 unspecified atom stereocenters. The number of hydrogen-bond donors (Lipinski definition) is 1. The summed E-state index contributed by atoms with van der Waals surface area (Å²) in [7, 11) is 3.17. The quantitative estimate of drug-likeness (QED) is 0.699. The van der Waals surface area contributed by atoms with E-state index < -0.39 is 5.60 Å². The van der Waals surface area contributed by atoms with Crippen LogP contribution < -0.4 is 0 Å². The SMILES string of the molecule is CON(C)C(=O)C12CCC(O)(CC1)CC2. The fourth-order valence-electron chi connectivity index (χ4n) is 2.90. The van der Waals surface area contributed by atoms with E-state index >= 15 is 0 Å². The fourth-order valence-corrected chi connectivity index (χ4v) is 2.90. The number of carbonyl (C=O) groups is 1. The predicted octanol–water partition coefficient (Wildman–Crippen LogP) is 1.09. The van der Waals surface area contributed by atoms with E-state index in [1.807, 2.05) is 0 Å². The molecule has 15 heavy (non-hydrogen) atoms. The van der Waals surface area contributed by atoms with Crippen LogP contribution in [0.2, 0.25) is 0 Å². The van der Waals surface area contributed by atoms with Crippen LogP contribution in [-0.4, -0.2) is 35.8 Å². The van der Waals surface area contributed by atoms with Crippen molar-refractivity contribution in [1.29, 1.82) is 0 Å². The Labute approximate surface area is 90.2 Å². The third-order valence-electron chi connectivity index (χ3n) is 4.22. The largest absolute Gasteiger partial charge is 0.390 e. The van der Waals surface area contributed by atoms with Crippen molar-refractivity contribution in [3.63, 3.8) is 0 Å². The third-order valence-corrected chi connectivity index (χ3v) is 4.22. The van der Waals surface area contributed by atoms with Gasteiger partial charge in [-0.15, -0.1) is 0 Å². The molecule has 0 aromatic heterocycles. The van der Waals surface area contributed by atoms with Crippen molar-refractivity contribution in [2.24, 2.45) is 5.41 Å². The second-order valence-corrected chi connectivity index (χ2v) is 4.99. The molecule has 0 heterocycles. The molecule has 0 aliphatic heterocycles. The number of hydrogen-bond acceptors (Lipinski definition) is 3. The lowest BCUT2D eigenvalue weighted by Gasteiger charge is -2.50. The van der Waals surface area contributed by atoms with Crippen LogP contribution in [0.15, 0.2) is 0 Å². The molecule has 0 atom stereocenters. The monoisotopic (exact) mass is 213 g/mol. The maximum Gasteiger partial charge on any atom is 0.252 e. The Hall–Kier alpha value is -0.610. The van der Waals surface area contributed by atoms with Gasteiger partial charge in [0.1, 0.15) is 0 Å². The minimum absolute atomic E-state index is 0.0757. The van der Waals surface area contributed by atoms with Crippen LogP contribution in [-0.2, 0) is 9.63 Å². The van der Waals surface area contributed by atoms with Gasteiger partial charge in [0.2, 0.25) is 0 Å². The Bertz CT molecular complexity index is 252. The van der Waals surface area contributed by atoms with Gasteiger partial charge in [-0.3, -0.25) is 9.63 Å². The molecule has 86 valence electrons. The van der Waals surface area contributed by atoms with Gasteiger partial charge in [0.15, 0.2) is 0 Å². The highest BCUT2D eigenvalue weighted by Crippen LogP contribution is 2.52. The lowest BCUT2D eigenvalue weighted by atomic mass is 9.58. The maximum atomic E-state index is 12.1. The number of aliphatic hydroxyl groups is 1. The van der Waals surface area contributed by atoms with E-state index in [0.717, 1.165) is 38.5 Å². The van der Waals surface area contributed by atoms with Gasteiger partial charge in [-0.2, -0.15) is 0 Å². The second-order valence-electron chi connectivity index (χ2n) is 4.99. The van der Waals surface area contributed by atoms with E-state index in [-0.39, 0.29) is 11.3 Å². The average molecular weight is 213 g/mol. The lowest BCUT2D eigenvalue weighted by molar-refractivity contribution is -0.192. The van der Waals surface area contributed by atoms with Crippen molar-refractivity contribution < 1.29 is 14.7 Å². The number of amides is 1. The smallest absolute Gasteiger partial charge is 0.252 e. The van der Waals surface area contributed by atoms with Crippen LogP contribution in [0, 0.1) is 5.41 Å². The lowest BCUT2D eigenvalue weighted by Crippen LogP contribution is -2.52. The normalized spacial score (nSPS) is 39.1. The van der Waals surface area contributed by atoms with Crippen LogP contribution in [0.4, 0.5) is 0 Å². The highest BCUT2D eigenvalue weighted by molar-refractivity contribution is 5.82. The fraction of sp³-hybridized carbons (Fsp3) is 0.909. The topological polar surface area (TPSA) is 49.8 Å². The Morgan fingerprint density at radius 1 is 1.20 bits per heavy atom. The summed E-state index contributed by atoms with van der Waals surface area (Å²) in [5, 5.41) is 11.4. The molecule has 0 saturated heterocycles. The molecular formula is C11H19NO3. The summed E-state index contributed by atoms with van der Waals surface area (Å²) in [6.45, 7) is 0. The average Bonchev–Trinajstić information content (AvgIpc) is 2.28. The summed E-state index contributed by atoms with van der Waals surface area (Å²) < 4.78 is 0. The molecule has 0 aromatic carbocycles. The summed E-state index contributed by atoms with van der Waals surface area (Å²) >= 11 is 0. The Morgan fingerprint density at radius 2 is 1.67 bits per heavy atom. The molecule has 0 spiro atoms. The summed E-state index contributed by atoms with van der Waals surface area (Å²) in [5.41, 5.74) is -0.733. The molecular weight excluding hydrogens is 194 g/mol. The Kier molecular flexibility index (Phi) is 2.51. The first-order chi connectivity index (χ1) is 7.01. The summed E-state index contributed by atoms with van der Waals surface area (Å²) in [6, 6.07) is 0. The zero-order valence-electron chi connectivity index (χ0n) is 9.45. The minimum atomic E-state index is -0.478. The number of carbonyl (C=O) groups excluding carboxylic acids is 1. The van der Waals surface area contributed by atoms with Crippen LogP contribution in [0.25, 0.3) is 0 Å². The molecule has 1 N–H and O–H groups in total. The van der Waals surface area contributed by atoms with E-state index in [9.17, 15) is 9.90 Å². The van der Waals surface area contributed by atoms with E-state index in [0.29, 0.717) is 0 Å². The molecule has 3 aliphatic carbocycles. The first-order valence-corrected chi connectivity index (χ1v) is 5.56. The molecule has 0 radical (unpaired) electrons. The molecule has 3 aliphatic rings. The van der Waals surface area contributed by atoms with Gasteiger partial charge in [-0.1, -0.05) is 0 Å². The number of nitrogens with zero attached hydrogens (tertiary/aromatic N) is 1. The molecule has 3 rings (SSSR count). The van der Waals surface area contributed by atoms with Gasteiger partial charge >= 0.3 is 0 Å². The molecule has 0 aromatic rings.